The van der Waals surface area contributed by atoms with Gasteiger partial charge in [0.05, 0.1) is 17.0 Å². The van der Waals surface area contributed by atoms with E-state index in [-0.39, 0.29) is 5.56 Å². The van der Waals surface area contributed by atoms with Crippen molar-refractivity contribution in [1.29, 1.82) is 0 Å². The van der Waals surface area contributed by atoms with Gasteiger partial charge in [-0.3, -0.25) is 0 Å². The molecule has 0 spiro atoms. The van der Waals surface area contributed by atoms with E-state index in [2.05, 4.69) is 34.2 Å². The fourth-order valence-corrected chi connectivity index (χ4v) is 2.34. The molecule has 1 aromatic carbocycles. The molecule has 0 amide bonds. The quantitative estimate of drug-likeness (QED) is 0.868. The molecule has 2 rings (SSSR count). The number of benzene rings is 1. The zero-order chi connectivity index (χ0) is 13.8. The first-order chi connectivity index (χ1) is 9.06. The van der Waals surface area contributed by atoms with Gasteiger partial charge >= 0.3 is 5.97 Å². The molecule has 19 heavy (non-hydrogen) atoms. The van der Waals surface area contributed by atoms with Crippen molar-refractivity contribution in [3.05, 3.63) is 53.1 Å². The summed E-state index contributed by atoms with van der Waals surface area (Å²) in [6, 6.07) is 8.22. The van der Waals surface area contributed by atoms with Crippen molar-refractivity contribution in [1.82, 2.24) is 9.97 Å². The van der Waals surface area contributed by atoms with E-state index in [0.29, 0.717) is 17.3 Å². The maximum absolute atomic E-state index is 10.9. The van der Waals surface area contributed by atoms with Crippen LogP contribution in [0, 0.1) is 13.8 Å². The van der Waals surface area contributed by atoms with Gasteiger partial charge in [-0.15, -0.1) is 11.8 Å². The minimum atomic E-state index is -0.991. The fourth-order valence-electron chi connectivity index (χ4n) is 1.58. The van der Waals surface area contributed by atoms with Crippen LogP contribution in [0.4, 0.5) is 0 Å². The molecule has 0 unspecified atom stereocenters. The first-order valence-corrected chi connectivity index (χ1v) is 6.80. The summed E-state index contributed by atoms with van der Waals surface area (Å²) in [6.07, 6.45) is 1.37. The Morgan fingerprint density at radius 1 is 1.26 bits per heavy atom. The van der Waals surface area contributed by atoms with Crippen LogP contribution in [-0.2, 0) is 5.75 Å². The number of rotatable bonds is 4. The minimum absolute atomic E-state index is 0.157. The molecule has 0 aliphatic rings. The summed E-state index contributed by atoms with van der Waals surface area (Å²) in [6.45, 7) is 3.73. The van der Waals surface area contributed by atoms with Gasteiger partial charge in [-0.1, -0.05) is 17.7 Å². The predicted molar refractivity (Wildman–Crippen MR) is 74.5 cm³/mol. The maximum atomic E-state index is 10.9. The zero-order valence-corrected chi connectivity index (χ0v) is 11.6. The van der Waals surface area contributed by atoms with Crippen LogP contribution in [0.1, 0.15) is 27.4 Å². The monoisotopic (exact) mass is 274 g/mol. The van der Waals surface area contributed by atoms with Gasteiger partial charge in [-0.2, -0.15) is 0 Å². The normalized spacial score (nSPS) is 10.4. The van der Waals surface area contributed by atoms with Crippen molar-refractivity contribution >= 4 is 17.7 Å². The lowest BCUT2D eigenvalue weighted by molar-refractivity contribution is 0.0695. The van der Waals surface area contributed by atoms with Gasteiger partial charge in [-0.25, -0.2) is 14.8 Å². The van der Waals surface area contributed by atoms with E-state index in [1.54, 1.807) is 18.7 Å². The van der Waals surface area contributed by atoms with E-state index >= 15 is 0 Å². The van der Waals surface area contributed by atoms with Gasteiger partial charge in [0.15, 0.2) is 0 Å². The van der Waals surface area contributed by atoms with Gasteiger partial charge in [0.25, 0.3) is 0 Å². The Morgan fingerprint density at radius 2 is 1.95 bits per heavy atom. The Hall–Kier alpha value is -1.88. The van der Waals surface area contributed by atoms with Crippen molar-refractivity contribution < 1.29 is 9.90 Å². The Bertz CT molecular complexity index is 597. The second-order valence-electron chi connectivity index (χ2n) is 4.19. The lowest BCUT2D eigenvalue weighted by Crippen LogP contribution is -2.05. The van der Waals surface area contributed by atoms with Crippen molar-refractivity contribution in [3.63, 3.8) is 0 Å². The molecule has 4 nitrogen and oxygen atoms in total. The first-order valence-electron chi connectivity index (χ1n) is 5.81. The third kappa shape index (κ3) is 3.54. The van der Waals surface area contributed by atoms with Crippen molar-refractivity contribution in [2.75, 3.05) is 0 Å². The highest BCUT2D eigenvalue weighted by molar-refractivity contribution is 7.98. The van der Waals surface area contributed by atoms with Crippen LogP contribution in [0.25, 0.3) is 0 Å². The maximum Gasteiger partial charge on any atom is 0.339 e. The number of aromatic carboxylic acids is 1. The van der Waals surface area contributed by atoms with Gasteiger partial charge in [0.1, 0.15) is 5.82 Å². The van der Waals surface area contributed by atoms with Crippen molar-refractivity contribution in [2.45, 2.75) is 24.5 Å². The highest BCUT2D eigenvalue weighted by Crippen LogP contribution is 2.21. The molecule has 0 aliphatic carbocycles. The Kier molecular flexibility index (Phi) is 4.16. The largest absolute Gasteiger partial charge is 0.478 e. The van der Waals surface area contributed by atoms with Gasteiger partial charge in [0, 0.05) is 11.1 Å². The Morgan fingerprint density at radius 3 is 2.53 bits per heavy atom. The van der Waals surface area contributed by atoms with Crippen LogP contribution in [0.2, 0.25) is 0 Å². The van der Waals surface area contributed by atoms with Crippen LogP contribution in [0.5, 0.6) is 0 Å². The van der Waals surface area contributed by atoms with Crippen molar-refractivity contribution in [2.24, 2.45) is 0 Å². The molecular formula is C14H14N2O2S. The smallest absolute Gasteiger partial charge is 0.339 e. The van der Waals surface area contributed by atoms with E-state index in [1.807, 2.05) is 6.92 Å². The predicted octanol–water partition coefficient (Wildman–Crippen LogP) is 3.08. The third-order valence-corrected chi connectivity index (χ3v) is 3.66. The molecule has 0 saturated carbocycles. The molecule has 0 saturated heterocycles. The Labute approximate surface area is 115 Å². The van der Waals surface area contributed by atoms with Crippen LogP contribution < -0.4 is 0 Å². The number of hydrogen-bond acceptors (Lipinski definition) is 4. The summed E-state index contributed by atoms with van der Waals surface area (Å²) in [5.74, 6) is 0.285. The summed E-state index contributed by atoms with van der Waals surface area (Å²) in [5, 5.41) is 8.91. The zero-order valence-electron chi connectivity index (χ0n) is 10.8. The average Bonchev–Trinajstić information content (AvgIpc) is 2.37. The SMILES string of the molecule is Cc1ccc(SCc2ncc(C(=O)O)c(C)n2)cc1. The van der Waals surface area contributed by atoms with Crippen molar-refractivity contribution in [3.8, 4) is 0 Å². The fraction of sp³-hybridized carbons (Fsp3) is 0.214. The summed E-state index contributed by atoms with van der Waals surface area (Å²) < 4.78 is 0. The molecule has 0 aliphatic heterocycles. The molecule has 98 valence electrons. The van der Waals surface area contributed by atoms with E-state index in [1.165, 1.54) is 11.8 Å². The minimum Gasteiger partial charge on any atom is -0.478 e. The number of hydrogen-bond donors (Lipinski definition) is 1. The van der Waals surface area contributed by atoms with Crippen LogP contribution in [-0.4, -0.2) is 21.0 Å². The van der Waals surface area contributed by atoms with Crippen LogP contribution >= 0.6 is 11.8 Å². The van der Waals surface area contributed by atoms with Gasteiger partial charge < -0.3 is 5.11 Å². The number of thioether (sulfide) groups is 1. The summed E-state index contributed by atoms with van der Waals surface area (Å²) in [7, 11) is 0. The van der Waals surface area contributed by atoms with Gasteiger partial charge in [0.2, 0.25) is 0 Å². The molecule has 5 heteroatoms. The van der Waals surface area contributed by atoms with Gasteiger partial charge in [-0.05, 0) is 26.0 Å². The highest BCUT2D eigenvalue weighted by Gasteiger charge is 2.09. The topological polar surface area (TPSA) is 63.1 Å². The number of carbonyl (C=O) groups is 1. The number of aryl methyl sites for hydroxylation is 2. The summed E-state index contributed by atoms with van der Waals surface area (Å²) in [4.78, 5) is 20.3. The standard InChI is InChI=1S/C14H14N2O2S/c1-9-3-5-11(6-4-9)19-8-13-15-7-12(14(17)18)10(2)16-13/h3-7H,8H2,1-2H3,(H,17,18). The molecule has 0 radical (unpaired) electrons. The number of carboxylic acid groups (broad SMARTS) is 1. The summed E-state index contributed by atoms with van der Waals surface area (Å²) >= 11 is 1.63. The van der Waals surface area contributed by atoms with Crippen LogP contribution in [0.15, 0.2) is 35.4 Å². The lowest BCUT2D eigenvalue weighted by Gasteiger charge is -2.04. The molecule has 1 heterocycles. The number of carboxylic acids is 1. The molecule has 0 bridgehead atoms. The van der Waals surface area contributed by atoms with E-state index in [9.17, 15) is 4.79 Å². The number of aromatic nitrogens is 2. The Balaban J connectivity index is 2.06. The lowest BCUT2D eigenvalue weighted by atomic mass is 10.2. The third-order valence-electron chi connectivity index (χ3n) is 2.65. The summed E-state index contributed by atoms with van der Waals surface area (Å²) in [5.41, 5.74) is 1.88. The second-order valence-corrected chi connectivity index (χ2v) is 5.24. The highest BCUT2D eigenvalue weighted by atomic mass is 32.2. The molecule has 1 aromatic heterocycles. The van der Waals surface area contributed by atoms with E-state index in [4.69, 9.17) is 5.11 Å². The molecular weight excluding hydrogens is 260 g/mol. The average molecular weight is 274 g/mol. The molecule has 1 N–H and O–H groups in total. The van der Waals surface area contributed by atoms with E-state index in [0.717, 1.165) is 4.90 Å². The van der Waals surface area contributed by atoms with Crippen LogP contribution in [0.3, 0.4) is 0 Å². The first kappa shape index (κ1) is 13.5. The molecule has 0 atom stereocenters. The molecule has 0 fully saturated rings. The second kappa shape index (κ2) is 5.84. The van der Waals surface area contributed by atoms with E-state index < -0.39 is 5.97 Å². The molecule has 2 aromatic rings. The number of nitrogens with zero attached hydrogens (tertiary/aromatic N) is 2.